The summed E-state index contributed by atoms with van der Waals surface area (Å²) < 4.78 is 5.28. The smallest absolute Gasteiger partial charge is 0.269 e. The number of carbonyl (C=O) groups is 2. The maximum Gasteiger partial charge on any atom is 0.269 e. The Kier molecular flexibility index (Phi) is 6.26. The number of hydrogen-bond donors (Lipinski definition) is 2. The van der Waals surface area contributed by atoms with Crippen LogP contribution in [-0.4, -0.2) is 29.4 Å². The molecule has 0 bridgehead atoms. The van der Waals surface area contributed by atoms with Gasteiger partial charge >= 0.3 is 0 Å². The van der Waals surface area contributed by atoms with Crippen LogP contribution in [0.15, 0.2) is 48.5 Å². The summed E-state index contributed by atoms with van der Waals surface area (Å²) in [4.78, 5) is 33.8. The van der Waals surface area contributed by atoms with E-state index < -0.39 is 4.92 Å². The van der Waals surface area contributed by atoms with Crippen LogP contribution in [0.4, 0.5) is 11.4 Å². The molecule has 2 rings (SSSR count). The van der Waals surface area contributed by atoms with Gasteiger partial charge in [0.25, 0.3) is 17.5 Å². The zero-order valence-corrected chi connectivity index (χ0v) is 14.4. The highest BCUT2D eigenvalue weighted by atomic mass is 16.6. The molecule has 0 spiro atoms. The number of carbonyl (C=O) groups excluding carboxylic acids is 2. The van der Waals surface area contributed by atoms with E-state index in [2.05, 4.69) is 10.6 Å². The Labute approximate surface area is 150 Å². The number of non-ortho nitro benzene ring substituents is 1. The van der Waals surface area contributed by atoms with Gasteiger partial charge in [-0.3, -0.25) is 19.7 Å². The Morgan fingerprint density at radius 1 is 1.08 bits per heavy atom. The molecule has 0 unspecified atom stereocenters. The third-order valence-electron chi connectivity index (χ3n) is 3.27. The van der Waals surface area contributed by atoms with Gasteiger partial charge in [-0.25, -0.2) is 0 Å². The third kappa shape index (κ3) is 5.59. The third-order valence-corrected chi connectivity index (χ3v) is 3.27. The van der Waals surface area contributed by atoms with Gasteiger partial charge in [-0.2, -0.15) is 0 Å². The molecule has 26 heavy (non-hydrogen) atoms. The molecule has 0 aliphatic carbocycles. The number of ether oxygens (including phenoxy) is 1. The summed E-state index contributed by atoms with van der Waals surface area (Å²) in [5.41, 5.74) is 0.977. The van der Waals surface area contributed by atoms with E-state index in [1.54, 1.807) is 24.3 Å². The minimum absolute atomic E-state index is 0.0402. The summed E-state index contributed by atoms with van der Waals surface area (Å²) in [5, 5.41) is 16.0. The van der Waals surface area contributed by atoms with Gasteiger partial charge in [-0.15, -0.1) is 0 Å². The van der Waals surface area contributed by atoms with Gasteiger partial charge < -0.3 is 15.4 Å². The second-order valence-corrected chi connectivity index (χ2v) is 5.79. The molecule has 2 amide bonds. The van der Waals surface area contributed by atoms with Gasteiger partial charge in [0, 0.05) is 29.4 Å². The van der Waals surface area contributed by atoms with Crippen LogP contribution >= 0.6 is 0 Å². The van der Waals surface area contributed by atoms with Crippen LogP contribution in [0, 0.1) is 10.1 Å². The van der Waals surface area contributed by atoms with Crippen molar-refractivity contribution < 1.29 is 19.2 Å². The fraction of sp³-hybridized carbons (Fsp3) is 0.222. The molecular formula is C18H19N3O5. The molecule has 8 heteroatoms. The molecule has 8 nitrogen and oxygen atoms in total. The highest BCUT2D eigenvalue weighted by Gasteiger charge is 2.09. The van der Waals surface area contributed by atoms with Gasteiger partial charge in [-0.05, 0) is 50.2 Å². The Balaban J connectivity index is 1.85. The van der Waals surface area contributed by atoms with E-state index in [0.29, 0.717) is 17.0 Å². The van der Waals surface area contributed by atoms with Crippen LogP contribution in [-0.2, 0) is 4.79 Å². The fourth-order valence-electron chi connectivity index (χ4n) is 2.06. The van der Waals surface area contributed by atoms with E-state index in [0.717, 1.165) is 0 Å². The topological polar surface area (TPSA) is 111 Å². The van der Waals surface area contributed by atoms with E-state index in [1.165, 1.54) is 24.3 Å². The van der Waals surface area contributed by atoms with Crippen molar-refractivity contribution >= 4 is 23.2 Å². The summed E-state index contributed by atoms with van der Waals surface area (Å²) in [7, 11) is 0. The number of anilines is 1. The molecule has 0 atom stereocenters. The largest absolute Gasteiger partial charge is 0.484 e. The fourth-order valence-corrected chi connectivity index (χ4v) is 2.06. The zero-order valence-electron chi connectivity index (χ0n) is 14.4. The summed E-state index contributed by atoms with van der Waals surface area (Å²) in [6.07, 6.45) is 0. The van der Waals surface area contributed by atoms with Crippen molar-refractivity contribution in [1.29, 1.82) is 0 Å². The molecule has 0 saturated heterocycles. The van der Waals surface area contributed by atoms with Crippen LogP contribution in [0.2, 0.25) is 0 Å². The van der Waals surface area contributed by atoms with Crippen LogP contribution in [0.1, 0.15) is 24.2 Å². The van der Waals surface area contributed by atoms with E-state index in [9.17, 15) is 19.7 Å². The maximum atomic E-state index is 11.9. The molecule has 0 aliphatic heterocycles. The number of nitro benzene ring substituents is 1. The van der Waals surface area contributed by atoms with Gasteiger partial charge in [0.2, 0.25) is 0 Å². The second-order valence-electron chi connectivity index (χ2n) is 5.79. The average molecular weight is 357 g/mol. The zero-order chi connectivity index (χ0) is 19.1. The Morgan fingerprint density at radius 3 is 2.23 bits per heavy atom. The molecular weight excluding hydrogens is 338 g/mol. The second kappa shape index (κ2) is 8.61. The first-order chi connectivity index (χ1) is 12.3. The number of amides is 2. The minimum Gasteiger partial charge on any atom is -0.484 e. The van der Waals surface area contributed by atoms with Gasteiger partial charge in [-0.1, -0.05) is 0 Å². The Hall–Kier alpha value is -3.42. The van der Waals surface area contributed by atoms with Crippen molar-refractivity contribution in [2.24, 2.45) is 0 Å². The molecule has 0 saturated carbocycles. The quantitative estimate of drug-likeness (QED) is 0.585. The van der Waals surface area contributed by atoms with Gasteiger partial charge in [0.15, 0.2) is 6.61 Å². The van der Waals surface area contributed by atoms with Crippen molar-refractivity contribution in [3.63, 3.8) is 0 Å². The molecule has 0 heterocycles. The van der Waals surface area contributed by atoms with E-state index >= 15 is 0 Å². The predicted octanol–water partition coefficient (Wildman–Crippen LogP) is 2.75. The summed E-state index contributed by atoms with van der Waals surface area (Å²) >= 11 is 0. The number of hydrogen-bond acceptors (Lipinski definition) is 5. The van der Waals surface area contributed by atoms with Crippen LogP contribution < -0.4 is 15.4 Å². The molecule has 0 aliphatic rings. The first-order valence-corrected chi connectivity index (χ1v) is 7.93. The molecule has 0 aromatic heterocycles. The molecule has 0 radical (unpaired) electrons. The number of nitro groups is 1. The summed E-state index contributed by atoms with van der Waals surface area (Å²) in [6.45, 7) is 3.50. The summed E-state index contributed by atoms with van der Waals surface area (Å²) in [5.74, 6) is -0.214. The van der Waals surface area contributed by atoms with E-state index in [4.69, 9.17) is 4.74 Å². The number of nitrogens with zero attached hydrogens (tertiary/aromatic N) is 1. The molecule has 2 aromatic rings. The Bertz CT molecular complexity index is 785. The lowest BCUT2D eigenvalue weighted by molar-refractivity contribution is -0.384. The highest BCUT2D eigenvalue weighted by molar-refractivity contribution is 5.96. The van der Waals surface area contributed by atoms with Crippen LogP contribution in [0.5, 0.6) is 5.75 Å². The van der Waals surface area contributed by atoms with Gasteiger partial charge in [0.05, 0.1) is 4.92 Å². The van der Waals surface area contributed by atoms with Gasteiger partial charge in [0.1, 0.15) is 5.75 Å². The van der Waals surface area contributed by atoms with Crippen molar-refractivity contribution in [1.82, 2.24) is 5.32 Å². The summed E-state index contributed by atoms with van der Waals surface area (Å²) in [6, 6.07) is 12.0. The van der Waals surface area contributed by atoms with E-state index in [1.807, 2.05) is 13.8 Å². The number of nitrogens with one attached hydrogen (secondary N) is 2. The predicted molar refractivity (Wildman–Crippen MR) is 96.3 cm³/mol. The molecule has 2 N–H and O–H groups in total. The SMILES string of the molecule is CC(C)NC(=O)c1ccc(NC(=O)COc2ccc([N+](=O)[O-])cc2)cc1. The maximum absolute atomic E-state index is 11.9. The first kappa shape index (κ1) is 18.9. The number of benzene rings is 2. The average Bonchev–Trinajstić information content (AvgIpc) is 2.60. The van der Waals surface area contributed by atoms with Crippen molar-refractivity contribution in [2.45, 2.75) is 19.9 Å². The molecule has 0 fully saturated rings. The molecule has 136 valence electrons. The first-order valence-electron chi connectivity index (χ1n) is 7.93. The van der Waals surface area contributed by atoms with Crippen molar-refractivity contribution in [3.05, 3.63) is 64.2 Å². The van der Waals surface area contributed by atoms with Crippen molar-refractivity contribution in [2.75, 3.05) is 11.9 Å². The highest BCUT2D eigenvalue weighted by Crippen LogP contribution is 2.17. The normalized spacial score (nSPS) is 10.3. The van der Waals surface area contributed by atoms with Crippen LogP contribution in [0.25, 0.3) is 0 Å². The number of rotatable bonds is 7. The Morgan fingerprint density at radius 2 is 1.69 bits per heavy atom. The lowest BCUT2D eigenvalue weighted by Crippen LogP contribution is -2.30. The standard InChI is InChI=1S/C18H19N3O5/c1-12(2)19-18(23)13-3-5-14(6-4-13)20-17(22)11-26-16-9-7-15(8-10-16)21(24)25/h3-10,12H,11H2,1-2H3,(H,19,23)(H,20,22). The lowest BCUT2D eigenvalue weighted by atomic mass is 10.2. The monoisotopic (exact) mass is 357 g/mol. The molecule has 2 aromatic carbocycles. The minimum atomic E-state index is -0.512. The lowest BCUT2D eigenvalue weighted by Gasteiger charge is -2.10. The van der Waals surface area contributed by atoms with Crippen molar-refractivity contribution in [3.8, 4) is 5.75 Å². The van der Waals surface area contributed by atoms with E-state index in [-0.39, 0.29) is 30.2 Å². The van der Waals surface area contributed by atoms with Crippen LogP contribution in [0.3, 0.4) is 0 Å².